The molecule has 0 aromatic heterocycles. The third-order valence-electron chi connectivity index (χ3n) is 9.20. The highest BCUT2D eigenvalue weighted by Crippen LogP contribution is 2.36. The number of nitrogens with zero attached hydrogens (tertiary/aromatic N) is 2. The van der Waals surface area contributed by atoms with Crippen molar-refractivity contribution < 1.29 is 9.47 Å². The summed E-state index contributed by atoms with van der Waals surface area (Å²) in [6, 6.07) is 19.4. The molecule has 0 aliphatic carbocycles. The Morgan fingerprint density at radius 2 is 1.21 bits per heavy atom. The summed E-state index contributed by atoms with van der Waals surface area (Å²) in [7, 11) is 0. The molecule has 4 nitrogen and oxygen atoms in total. The smallest absolute Gasteiger partial charge is 0.122 e. The molecular weight excluding hydrogens is 597 g/mol. The van der Waals surface area contributed by atoms with Gasteiger partial charge in [-0.3, -0.25) is 0 Å². The first-order valence-corrected chi connectivity index (χ1v) is 19.4. The Kier molecular flexibility index (Phi) is 18.7. The molecule has 0 bridgehead atoms. The summed E-state index contributed by atoms with van der Waals surface area (Å²) >= 11 is 4.30. The predicted octanol–water partition coefficient (Wildman–Crippen LogP) is 13.8. The lowest BCUT2D eigenvalue weighted by Crippen LogP contribution is -2.02. The van der Waals surface area contributed by atoms with Crippen LogP contribution in [0.25, 0.3) is 11.1 Å². The molecule has 0 saturated heterocycles. The van der Waals surface area contributed by atoms with Gasteiger partial charge in [0, 0.05) is 0 Å². The van der Waals surface area contributed by atoms with Crippen molar-refractivity contribution in [3.8, 4) is 22.6 Å². The second-order valence-electron chi connectivity index (χ2n) is 12.9. The lowest BCUT2D eigenvalue weighted by molar-refractivity contribution is 0.299. The first-order valence-electron chi connectivity index (χ1n) is 18.7. The van der Waals surface area contributed by atoms with Crippen LogP contribution in [0.1, 0.15) is 141 Å². The predicted molar refractivity (Wildman–Crippen MR) is 206 cm³/mol. The Morgan fingerprint density at radius 3 is 1.79 bits per heavy atom. The van der Waals surface area contributed by atoms with E-state index in [9.17, 15) is 0 Å². The molecule has 3 aromatic rings. The Labute approximate surface area is 292 Å². The van der Waals surface area contributed by atoms with E-state index in [0.29, 0.717) is 5.92 Å². The van der Waals surface area contributed by atoms with E-state index in [2.05, 4.69) is 102 Å². The monoisotopic (exact) mass is 658 g/mol. The molecule has 0 aliphatic heterocycles. The number of hydrogen-bond acceptors (Lipinski definition) is 5. The average Bonchev–Trinajstić information content (AvgIpc) is 3.11. The van der Waals surface area contributed by atoms with Gasteiger partial charge in [-0.15, -0.1) is 5.11 Å². The summed E-state index contributed by atoms with van der Waals surface area (Å²) in [6.07, 6.45) is 18.1. The third-order valence-corrected chi connectivity index (χ3v) is 9.51. The summed E-state index contributed by atoms with van der Waals surface area (Å²) in [5, 5.41) is 9.64. The molecular formula is C42H62N2O2S. The van der Waals surface area contributed by atoms with Crippen LogP contribution in [0.2, 0.25) is 0 Å². The highest BCUT2D eigenvalue weighted by Gasteiger charge is 2.14. The van der Waals surface area contributed by atoms with E-state index in [1.165, 1.54) is 85.6 Å². The molecule has 47 heavy (non-hydrogen) atoms. The van der Waals surface area contributed by atoms with Crippen molar-refractivity contribution >= 4 is 24.0 Å². The SMILES string of the molecule is CCCCOc1ccc(-c2cc(CC)c(N=Nc3ccc(OCCCCCCCCCCCCS)c(C(C)CC)c3)c(CC)c2)cc1. The van der Waals surface area contributed by atoms with E-state index in [-0.39, 0.29) is 0 Å². The van der Waals surface area contributed by atoms with Gasteiger partial charge in [-0.1, -0.05) is 105 Å². The van der Waals surface area contributed by atoms with E-state index in [1.807, 2.05) is 0 Å². The maximum absolute atomic E-state index is 6.33. The molecule has 3 aromatic carbocycles. The minimum Gasteiger partial charge on any atom is -0.494 e. The second kappa shape index (κ2) is 22.7. The van der Waals surface area contributed by atoms with Crippen LogP contribution in [0.4, 0.5) is 11.4 Å². The number of unbranched alkanes of at least 4 members (excludes halogenated alkanes) is 10. The van der Waals surface area contributed by atoms with E-state index in [4.69, 9.17) is 19.7 Å². The van der Waals surface area contributed by atoms with Gasteiger partial charge in [-0.2, -0.15) is 17.7 Å². The molecule has 0 amide bonds. The molecule has 0 N–H and O–H groups in total. The molecule has 1 atom stereocenters. The van der Waals surface area contributed by atoms with Crippen molar-refractivity contribution in [2.75, 3.05) is 19.0 Å². The van der Waals surface area contributed by atoms with Gasteiger partial charge >= 0.3 is 0 Å². The van der Waals surface area contributed by atoms with Crippen molar-refractivity contribution in [1.29, 1.82) is 0 Å². The molecule has 0 aliphatic rings. The van der Waals surface area contributed by atoms with Gasteiger partial charge in [0.05, 0.1) is 24.6 Å². The van der Waals surface area contributed by atoms with Gasteiger partial charge in [0.15, 0.2) is 0 Å². The van der Waals surface area contributed by atoms with Crippen LogP contribution < -0.4 is 9.47 Å². The zero-order valence-corrected chi connectivity index (χ0v) is 31.1. The Hall–Kier alpha value is -2.79. The van der Waals surface area contributed by atoms with Gasteiger partial charge in [0.2, 0.25) is 0 Å². The molecule has 5 heteroatoms. The normalized spacial score (nSPS) is 12.1. The Morgan fingerprint density at radius 1 is 0.617 bits per heavy atom. The van der Waals surface area contributed by atoms with Crippen LogP contribution in [0.15, 0.2) is 64.8 Å². The largest absolute Gasteiger partial charge is 0.494 e. The van der Waals surface area contributed by atoms with Gasteiger partial charge in [0.25, 0.3) is 0 Å². The zero-order valence-electron chi connectivity index (χ0n) is 30.2. The minimum absolute atomic E-state index is 0.396. The van der Waals surface area contributed by atoms with Crippen LogP contribution in [0.3, 0.4) is 0 Å². The molecule has 0 spiro atoms. The maximum Gasteiger partial charge on any atom is 0.122 e. The van der Waals surface area contributed by atoms with Crippen molar-refractivity contribution in [3.05, 3.63) is 71.3 Å². The third kappa shape index (κ3) is 13.3. The van der Waals surface area contributed by atoms with Crippen LogP contribution in [-0.4, -0.2) is 19.0 Å². The summed E-state index contributed by atoms with van der Waals surface area (Å²) in [5.41, 5.74) is 7.96. The van der Waals surface area contributed by atoms with Crippen LogP contribution in [0.5, 0.6) is 11.5 Å². The summed E-state index contributed by atoms with van der Waals surface area (Å²) in [4.78, 5) is 0. The number of azo groups is 1. The lowest BCUT2D eigenvalue weighted by atomic mass is 9.95. The number of thiol groups is 1. The number of aryl methyl sites for hydroxylation is 2. The highest BCUT2D eigenvalue weighted by molar-refractivity contribution is 7.80. The first kappa shape index (κ1) is 38.7. The highest BCUT2D eigenvalue weighted by atomic mass is 32.1. The standard InChI is InChI=1S/C42H62N2O2S/c1-6-10-27-45-39-24-21-36(22-25-39)37-30-34(8-3)42(35(9-4)31-37)44-43-38-23-26-41(40(32-38)33(5)7-2)46-28-19-17-15-13-11-12-14-16-18-20-29-47/h21-26,30-33,47H,6-20,27-29H2,1-5H3. The summed E-state index contributed by atoms with van der Waals surface area (Å²) in [6.45, 7) is 12.6. The van der Waals surface area contributed by atoms with E-state index >= 15 is 0 Å². The van der Waals surface area contributed by atoms with Crippen LogP contribution in [-0.2, 0) is 12.8 Å². The van der Waals surface area contributed by atoms with Gasteiger partial charge in [0.1, 0.15) is 11.5 Å². The molecule has 0 saturated carbocycles. The van der Waals surface area contributed by atoms with Gasteiger partial charge in [-0.05, 0) is 120 Å². The quantitative estimate of drug-likeness (QED) is 0.0591. The molecule has 0 fully saturated rings. The van der Waals surface area contributed by atoms with E-state index in [1.54, 1.807) is 0 Å². The van der Waals surface area contributed by atoms with Crippen molar-refractivity contribution in [2.24, 2.45) is 10.2 Å². The number of ether oxygens (including phenoxy) is 2. The Balaban J connectivity index is 1.62. The van der Waals surface area contributed by atoms with Crippen molar-refractivity contribution in [1.82, 2.24) is 0 Å². The maximum atomic E-state index is 6.33. The summed E-state index contributed by atoms with van der Waals surface area (Å²) < 4.78 is 12.2. The van der Waals surface area contributed by atoms with Gasteiger partial charge < -0.3 is 9.47 Å². The fraction of sp³-hybridized carbons (Fsp3) is 0.571. The van der Waals surface area contributed by atoms with Crippen LogP contribution >= 0.6 is 12.6 Å². The van der Waals surface area contributed by atoms with E-state index < -0.39 is 0 Å². The topological polar surface area (TPSA) is 43.2 Å². The van der Waals surface area contributed by atoms with Gasteiger partial charge in [-0.25, -0.2) is 0 Å². The number of benzene rings is 3. The Bertz CT molecular complexity index is 1300. The first-order chi connectivity index (χ1) is 23.0. The van der Waals surface area contributed by atoms with E-state index in [0.717, 1.165) is 80.4 Å². The fourth-order valence-electron chi connectivity index (χ4n) is 5.92. The zero-order chi connectivity index (χ0) is 33.7. The van der Waals surface area contributed by atoms with Crippen molar-refractivity contribution in [3.63, 3.8) is 0 Å². The second-order valence-corrected chi connectivity index (χ2v) is 13.4. The van der Waals surface area contributed by atoms with Crippen molar-refractivity contribution in [2.45, 2.75) is 137 Å². The molecule has 0 heterocycles. The number of hydrogen-bond donors (Lipinski definition) is 1. The molecule has 3 rings (SSSR count). The molecule has 1 unspecified atom stereocenters. The average molecular weight is 659 g/mol. The number of rotatable bonds is 24. The minimum atomic E-state index is 0.396. The van der Waals surface area contributed by atoms with Crippen LogP contribution in [0, 0.1) is 0 Å². The lowest BCUT2D eigenvalue weighted by Gasteiger charge is -2.16. The molecule has 0 radical (unpaired) electrons. The summed E-state index contributed by atoms with van der Waals surface area (Å²) in [5.74, 6) is 3.35. The molecule has 258 valence electrons. The fourth-order valence-corrected chi connectivity index (χ4v) is 6.15.